The highest BCUT2D eigenvalue weighted by atomic mass is 31.0. The molecule has 4 heteroatoms. The molecule has 0 aromatic heterocycles. The molecule has 1 spiro atoms. The highest BCUT2D eigenvalue weighted by Crippen LogP contribution is 2.46. The molecule has 0 N–H and O–H groups in total. The molecule has 1 atom stereocenters. The zero-order chi connectivity index (χ0) is 13.3. The molecule has 0 amide bonds. The van der Waals surface area contributed by atoms with Crippen LogP contribution in [0.15, 0.2) is 11.1 Å². The first-order valence-electron chi connectivity index (χ1n) is 6.66. The lowest BCUT2D eigenvalue weighted by atomic mass is 9.73. The van der Waals surface area contributed by atoms with Crippen molar-refractivity contribution in [3.05, 3.63) is 11.1 Å². The second-order valence-corrected chi connectivity index (χ2v) is 6.04. The summed E-state index contributed by atoms with van der Waals surface area (Å²) < 4.78 is 5.56. The molecular weight excluding hydrogens is 247 g/mol. The fourth-order valence-corrected chi connectivity index (χ4v) is 3.83. The van der Waals surface area contributed by atoms with Crippen LogP contribution in [-0.2, 0) is 14.3 Å². The monoisotopic (exact) mass is 268 g/mol. The molecule has 1 fully saturated rings. The first-order valence-corrected chi connectivity index (χ1v) is 7.47. The molecule has 3 nitrogen and oxygen atoms in total. The Balaban J connectivity index is 2.19. The van der Waals surface area contributed by atoms with Crippen LogP contribution in [0, 0.1) is 5.92 Å². The Bertz CT molecular complexity index is 403. The fourth-order valence-electron chi connectivity index (χ4n) is 3.35. The Kier molecular flexibility index (Phi) is 3.91. The van der Waals surface area contributed by atoms with E-state index in [0.29, 0.717) is 17.1 Å². The maximum absolute atomic E-state index is 11.8. The predicted molar refractivity (Wildman–Crippen MR) is 73.4 cm³/mol. The number of rotatable bonds is 3. The molecule has 18 heavy (non-hydrogen) atoms. The van der Waals surface area contributed by atoms with Gasteiger partial charge < -0.3 is 4.74 Å². The number of ether oxygens (including phenoxy) is 1. The van der Waals surface area contributed by atoms with E-state index >= 15 is 0 Å². The van der Waals surface area contributed by atoms with Crippen LogP contribution < -0.4 is 0 Å². The Morgan fingerprint density at radius 1 is 1.44 bits per heavy atom. The van der Waals surface area contributed by atoms with E-state index in [1.54, 1.807) is 6.92 Å². The summed E-state index contributed by atoms with van der Waals surface area (Å²) >= 11 is 0. The summed E-state index contributed by atoms with van der Waals surface area (Å²) in [5.41, 5.74) is 0.563. The second-order valence-electron chi connectivity index (χ2n) is 5.46. The van der Waals surface area contributed by atoms with E-state index in [1.807, 2.05) is 0 Å². The van der Waals surface area contributed by atoms with Gasteiger partial charge in [0, 0.05) is 11.1 Å². The van der Waals surface area contributed by atoms with Gasteiger partial charge in [-0.05, 0) is 58.0 Å². The van der Waals surface area contributed by atoms with E-state index in [-0.39, 0.29) is 11.8 Å². The molecular formula is C14H21O3P. The molecule has 2 rings (SSSR count). The van der Waals surface area contributed by atoms with Crippen molar-refractivity contribution in [1.82, 2.24) is 0 Å². The maximum Gasteiger partial charge on any atom is 0.335 e. The SMILES string of the molecule is CC(=O)C1=C(C)C(=O)OC12CCC(CCP)CC2. The van der Waals surface area contributed by atoms with Crippen LogP contribution in [0.5, 0.6) is 0 Å². The summed E-state index contributed by atoms with van der Waals surface area (Å²) in [5, 5.41) is 0. The van der Waals surface area contributed by atoms with Crippen molar-refractivity contribution in [2.24, 2.45) is 5.92 Å². The third-order valence-corrected chi connectivity index (χ3v) is 4.60. The summed E-state index contributed by atoms with van der Waals surface area (Å²) in [7, 11) is 2.76. The molecule has 0 saturated heterocycles. The smallest absolute Gasteiger partial charge is 0.335 e. The minimum absolute atomic E-state index is 0.0113. The van der Waals surface area contributed by atoms with Crippen LogP contribution >= 0.6 is 9.24 Å². The fraction of sp³-hybridized carbons (Fsp3) is 0.714. The molecule has 0 radical (unpaired) electrons. The van der Waals surface area contributed by atoms with Crippen LogP contribution in [0.3, 0.4) is 0 Å². The Labute approximate surface area is 111 Å². The first kappa shape index (κ1) is 13.7. The van der Waals surface area contributed by atoms with Crippen molar-refractivity contribution in [3.8, 4) is 0 Å². The van der Waals surface area contributed by atoms with E-state index < -0.39 is 5.60 Å². The lowest BCUT2D eigenvalue weighted by Gasteiger charge is -2.37. The van der Waals surface area contributed by atoms with Crippen LogP contribution in [0.25, 0.3) is 0 Å². The summed E-state index contributed by atoms with van der Waals surface area (Å²) in [5.74, 6) is 0.397. The van der Waals surface area contributed by atoms with Gasteiger partial charge in [-0.2, -0.15) is 0 Å². The zero-order valence-corrected chi connectivity index (χ0v) is 12.3. The molecule has 1 heterocycles. The number of esters is 1. The molecule has 1 unspecified atom stereocenters. The minimum Gasteiger partial charge on any atom is -0.451 e. The van der Waals surface area contributed by atoms with Gasteiger partial charge in [0.1, 0.15) is 5.60 Å². The van der Waals surface area contributed by atoms with Crippen molar-refractivity contribution in [2.45, 2.75) is 51.6 Å². The topological polar surface area (TPSA) is 43.4 Å². The van der Waals surface area contributed by atoms with E-state index in [2.05, 4.69) is 9.24 Å². The number of hydrogen-bond acceptors (Lipinski definition) is 3. The quantitative estimate of drug-likeness (QED) is 0.584. The lowest BCUT2D eigenvalue weighted by Crippen LogP contribution is -2.38. The van der Waals surface area contributed by atoms with Crippen LogP contribution in [0.2, 0.25) is 0 Å². The summed E-state index contributed by atoms with van der Waals surface area (Å²) in [6, 6.07) is 0. The Morgan fingerprint density at radius 2 is 2.06 bits per heavy atom. The van der Waals surface area contributed by atoms with Gasteiger partial charge in [-0.1, -0.05) is 0 Å². The molecule has 0 aromatic carbocycles. The summed E-state index contributed by atoms with van der Waals surface area (Å²) in [6.45, 7) is 3.25. The highest BCUT2D eigenvalue weighted by Gasteiger charge is 2.49. The van der Waals surface area contributed by atoms with Crippen molar-refractivity contribution >= 4 is 21.0 Å². The minimum atomic E-state index is -0.593. The molecule has 2 aliphatic rings. The summed E-state index contributed by atoms with van der Waals surface area (Å²) in [6.07, 6.45) is 6.02. The van der Waals surface area contributed by atoms with Crippen molar-refractivity contribution in [1.29, 1.82) is 0 Å². The van der Waals surface area contributed by atoms with Gasteiger partial charge >= 0.3 is 5.97 Å². The van der Waals surface area contributed by atoms with E-state index in [1.165, 1.54) is 13.3 Å². The van der Waals surface area contributed by atoms with Crippen LogP contribution in [-0.4, -0.2) is 23.5 Å². The Hall–Kier alpha value is -0.690. The predicted octanol–water partition coefficient (Wildman–Crippen LogP) is 2.64. The van der Waals surface area contributed by atoms with Gasteiger partial charge in [-0.3, -0.25) is 4.79 Å². The molecule has 1 aliphatic carbocycles. The maximum atomic E-state index is 11.8. The van der Waals surface area contributed by atoms with E-state index in [4.69, 9.17) is 4.74 Å². The van der Waals surface area contributed by atoms with E-state index in [0.717, 1.165) is 31.8 Å². The van der Waals surface area contributed by atoms with Gasteiger partial charge in [0.25, 0.3) is 0 Å². The van der Waals surface area contributed by atoms with E-state index in [9.17, 15) is 9.59 Å². The number of Topliss-reactive ketones (excluding diaryl/α,β-unsaturated/α-hetero) is 1. The van der Waals surface area contributed by atoms with Crippen molar-refractivity contribution < 1.29 is 14.3 Å². The first-order chi connectivity index (χ1) is 8.50. The van der Waals surface area contributed by atoms with Gasteiger partial charge in [0.2, 0.25) is 0 Å². The van der Waals surface area contributed by atoms with Crippen molar-refractivity contribution in [3.63, 3.8) is 0 Å². The molecule has 1 saturated carbocycles. The number of hydrogen-bond donors (Lipinski definition) is 0. The highest BCUT2D eigenvalue weighted by molar-refractivity contribution is 7.16. The second kappa shape index (κ2) is 5.13. The van der Waals surface area contributed by atoms with Gasteiger partial charge in [-0.25, -0.2) is 4.79 Å². The van der Waals surface area contributed by atoms with Crippen LogP contribution in [0.1, 0.15) is 46.0 Å². The molecule has 0 aromatic rings. The molecule has 100 valence electrons. The number of carbonyl (C=O) groups excluding carboxylic acids is 2. The normalized spacial score (nSPS) is 31.9. The van der Waals surface area contributed by atoms with Crippen molar-refractivity contribution in [2.75, 3.05) is 6.16 Å². The average molecular weight is 268 g/mol. The third kappa shape index (κ3) is 2.25. The third-order valence-electron chi connectivity index (χ3n) is 4.26. The standard InChI is InChI=1S/C14H21O3P/c1-9-12(10(2)15)14(17-13(9)16)6-3-11(4-7-14)5-8-18/h11H,3-8,18H2,1-2H3. The largest absolute Gasteiger partial charge is 0.451 e. The van der Waals surface area contributed by atoms with Crippen LogP contribution in [0.4, 0.5) is 0 Å². The van der Waals surface area contributed by atoms with Gasteiger partial charge in [0.15, 0.2) is 5.78 Å². The number of ketones is 1. The molecule has 0 bridgehead atoms. The zero-order valence-electron chi connectivity index (χ0n) is 11.1. The van der Waals surface area contributed by atoms with Gasteiger partial charge in [0.05, 0.1) is 0 Å². The van der Waals surface area contributed by atoms with Gasteiger partial charge in [-0.15, -0.1) is 9.24 Å². The lowest BCUT2D eigenvalue weighted by molar-refractivity contribution is -0.150. The Morgan fingerprint density at radius 3 is 2.56 bits per heavy atom. The molecule has 1 aliphatic heterocycles. The number of carbonyl (C=O) groups is 2. The summed E-state index contributed by atoms with van der Waals surface area (Å²) in [4.78, 5) is 23.5. The average Bonchev–Trinajstić information content (AvgIpc) is 2.55.